The van der Waals surface area contributed by atoms with Gasteiger partial charge in [-0.15, -0.1) is 0 Å². The highest BCUT2D eigenvalue weighted by atomic mass is 16.5. The molecule has 2 aromatic rings. The van der Waals surface area contributed by atoms with E-state index in [1.54, 1.807) is 7.11 Å². The summed E-state index contributed by atoms with van der Waals surface area (Å²) in [5, 5.41) is 0. The monoisotopic (exact) mass is 335 g/mol. The molecule has 0 radical (unpaired) electrons. The summed E-state index contributed by atoms with van der Waals surface area (Å²) >= 11 is 0. The molecule has 3 heteroatoms. The molecule has 25 heavy (non-hydrogen) atoms. The van der Waals surface area contributed by atoms with Gasteiger partial charge in [0, 0.05) is 13.1 Å². The molecule has 0 spiro atoms. The van der Waals surface area contributed by atoms with E-state index in [4.69, 9.17) is 4.74 Å². The Labute approximate surface area is 149 Å². The lowest BCUT2D eigenvalue weighted by Gasteiger charge is -2.22. The predicted molar refractivity (Wildman–Crippen MR) is 99.1 cm³/mol. The van der Waals surface area contributed by atoms with Crippen molar-refractivity contribution in [1.82, 2.24) is 4.90 Å². The standard InChI is InChI=1S/C22H25NO2/c1-14(2)19-11-20(21(25-3)18-10-6-9-17(18)19)22(24)23-12-15-7-4-5-8-16(15)13-23/h4-5,7-8,11,14H,6,9-10,12-13H2,1-3H3. The van der Waals surface area contributed by atoms with Gasteiger partial charge in [0.15, 0.2) is 0 Å². The number of ether oxygens (including phenoxy) is 1. The first kappa shape index (κ1) is 16.2. The summed E-state index contributed by atoms with van der Waals surface area (Å²) in [6, 6.07) is 10.4. The summed E-state index contributed by atoms with van der Waals surface area (Å²) in [5.41, 5.74) is 7.22. The lowest BCUT2D eigenvalue weighted by atomic mass is 9.91. The van der Waals surface area contributed by atoms with E-state index < -0.39 is 0 Å². The van der Waals surface area contributed by atoms with E-state index in [0.717, 1.165) is 30.6 Å². The van der Waals surface area contributed by atoms with Crippen LogP contribution in [0.15, 0.2) is 30.3 Å². The number of carbonyl (C=O) groups is 1. The minimum Gasteiger partial charge on any atom is -0.496 e. The SMILES string of the molecule is COc1c(C(=O)N2Cc3ccccc3C2)cc(C(C)C)c2c1CCC2. The molecule has 2 aliphatic rings. The second-order valence-electron chi connectivity index (χ2n) is 7.44. The topological polar surface area (TPSA) is 29.5 Å². The summed E-state index contributed by atoms with van der Waals surface area (Å²) in [6.07, 6.45) is 3.26. The van der Waals surface area contributed by atoms with Crippen molar-refractivity contribution in [3.05, 3.63) is 63.7 Å². The van der Waals surface area contributed by atoms with Gasteiger partial charge in [0.1, 0.15) is 5.75 Å². The zero-order valence-corrected chi connectivity index (χ0v) is 15.3. The summed E-state index contributed by atoms with van der Waals surface area (Å²) < 4.78 is 5.73. The fourth-order valence-electron chi connectivity index (χ4n) is 4.34. The first-order valence-electron chi connectivity index (χ1n) is 9.18. The Balaban J connectivity index is 1.75. The number of fused-ring (bicyclic) bond motifs is 2. The van der Waals surface area contributed by atoms with Gasteiger partial charge in [0.25, 0.3) is 5.91 Å². The molecule has 1 heterocycles. The average Bonchev–Trinajstić information content (AvgIpc) is 3.26. The first-order valence-corrected chi connectivity index (χ1v) is 9.18. The third-order valence-corrected chi connectivity index (χ3v) is 5.57. The third kappa shape index (κ3) is 2.62. The molecule has 0 aromatic heterocycles. The Bertz CT molecular complexity index is 813. The van der Waals surface area contributed by atoms with Crippen LogP contribution in [0.5, 0.6) is 5.75 Å². The van der Waals surface area contributed by atoms with Crippen LogP contribution < -0.4 is 4.74 Å². The maximum absolute atomic E-state index is 13.3. The Hall–Kier alpha value is -2.29. The Kier molecular flexibility index (Phi) is 4.03. The average molecular weight is 335 g/mol. The second-order valence-corrected chi connectivity index (χ2v) is 7.44. The van der Waals surface area contributed by atoms with Crippen molar-refractivity contribution in [2.24, 2.45) is 0 Å². The Morgan fingerprint density at radius 2 is 1.72 bits per heavy atom. The van der Waals surface area contributed by atoms with Crippen LogP contribution in [0.25, 0.3) is 0 Å². The molecule has 0 bridgehead atoms. The number of amides is 1. The molecule has 3 nitrogen and oxygen atoms in total. The highest BCUT2D eigenvalue weighted by Gasteiger charge is 2.30. The number of benzene rings is 2. The van der Waals surface area contributed by atoms with Gasteiger partial charge in [0.05, 0.1) is 12.7 Å². The number of carbonyl (C=O) groups excluding carboxylic acids is 1. The van der Waals surface area contributed by atoms with E-state index in [-0.39, 0.29) is 5.91 Å². The van der Waals surface area contributed by atoms with Crippen molar-refractivity contribution >= 4 is 5.91 Å². The summed E-state index contributed by atoms with van der Waals surface area (Å²) in [7, 11) is 1.69. The summed E-state index contributed by atoms with van der Waals surface area (Å²) in [4.78, 5) is 15.3. The van der Waals surface area contributed by atoms with E-state index >= 15 is 0 Å². The zero-order valence-electron chi connectivity index (χ0n) is 15.3. The third-order valence-electron chi connectivity index (χ3n) is 5.57. The first-order chi connectivity index (χ1) is 12.1. The van der Waals surface area contributed by atoms with Crippen LogP contribution in [0, 0.1) is 0 Å². The van der Waals surface area contributed by atoms with Crippen molar-refractivity contribution in [3.8, 4) is 5.75 Å². The number of rotatable bonds is 3. The fourth-order valence-corrected chi connectivity index (χ4v) is 4.34. The molecule has 130 valence electrons. The molecule has 0 saturated carbocycles. The van der Waals surface area contributed by atoms with E-state index in [0.29, 0.717) is 19.0 Å². The van der Waals surface area contributed by atoms with Crippen molar-refractivity contribution in [2.45, 2.75) is 52.1 Å². The lowest BCUT2D eigenvalue weighted by Crippen LogP contribution is -2.26. The molecule has 0 fully saturated rings. The van der Waals surface area contributed by atoms with Gasteiger partial charge in [-0.1, -0.05) is 38.1 Å². The Morgan fingerprint density at radius 3 is 2.32 bits per heavy atom. The van der Waals surface area contributed by atoms with Crippen molar-refractivity contribution in [1.29, 1.82) is 0 Å². The highest BCUT2D eigenvalue weighted by Crippen LogP contribution is 2.40. The molecular weight excluding hydrogens is 310 g/mol. The Morgan fingerprint density at radius 1 is 1.08 bits per heavy atom. The van der Waals surface area contributed by atoms with Gasteiger partial charge in [-0.25, -0.2) is 0 Å². The van der Waals surface area contributed by atoms with Crippen LogP contribution in [0.2, 0.25) is 0 Å². The largest absolute Gasteiger partial charge is 0.496 e. The molecule has 0 N–H and O–H groups in total. The minimum absolute atomic E-state index is 0.0876. The van der Waals surface area contributed by atoms with Gasteiger partial charge in [-0.2, -0.15) is 0 Å². The quantitative estimate of drug-likeness (QED) is 0.828. The summed E-state index contributed by atoms with van der Waals surface area (Å²) in [5.74, 6) is 1.31. The molecule has 1 aliphatic heterocycles. The van der Waals surface area contributed by atoms with Gasteiger partial charge in [0.2, 0.25) is 0 Å². The molecule has 0 unspecified atom stereocenters. The van der Waals surface area contributed by atoms with E-state index in [1.165, 1.54) is 27.8 Å². The van der Waals surface area contributed by atoms with E-state index in [2.05, 4.69) is 32.0 Å². The van der Waals surface area contributed by atoms with E-state index in [1.807, 2.05) is 17.0 Å². The van der Waals surface area contributed by atoms with Crippen molar-refractivity contribution in [3.63, 3.8) is 0 Å². The second kappa shape index (κ2) is 6.21. The van der Waals surface area contributed by atoms with E-state index in [9.17, 15) is 4.79 Å². The zero-order chi connectivity index (χ0) is 17.6. The maximum Gasteiger partial charge on any atom is 0.258 e. The molecule has 1 amide bonds. The smallest absolute Gasteiger partial charge is 0.258 e. The molecule has 0 atom stereocenters. The number of hydrogen-bond donors (Lipinski definition) is 0. The predicted octanol–water partition coefficient (Wildman–Crippen LogP) is 4.46. The van der Waals surface area contributed by atoms with Crippen LogP contribution in [0.1, 0.15) is 64.4 Å². The summed E-state index contributed by atoms with van der Waals surface area (Å²) in [6.45, 7) is 5.79. The normalized spacial score (nSPS) is 15.4. The fraction of sp³-hybridized carbons (Fsp3) is 0.409. The molecule has 4 rings (SSSR count). The van der Waals surface area contributed by atoms with Crippen LogP contribution in [0.3, 0.4) is 0 Å². The molecule has 0 saturated heterocycles. The van der Waals surface area contributed by atoms with Gasteiger partial charge in [-0.05, 0) is 59.1 Å². The van der Waals surface area contributed by atoms with Gasteiger partial charge in [-0.3, -0.25) is 4.79 Å². The van der Waals surface area contributed by atoms with Gasteiger partial charge >= 0.3 is 0 Å². The molecule has 1 aliphatic carbocycles. The molecule has 2 aromatic carbocycles. The van der Waals surface area contributed by atoms with Crippen LogP contribution >= 0.6 is 0 Å². The van der Waals surface area contributed by atoms with Crippen molar-refractivity contribution < 1.29 is 9.53 Å². The maximum atomic E-state index is 13.3. The highest BCUT2D eigenvalue weighted by molar-refractivity contribution is 5.98. The minimum atomic E-state index is 0.0876. The number of nitrogens with zero attached hydrogens (tertiary/aromatic N) is 1. The van der Waals surface area contributed by atoms with Gasteiger partial charge < -0.3 is 9.64 Å². The van der Waals surface area contributed by atoms with Crippen molar-refractivity contribution in [2.75, 3.05) is 7.11 Å². The molecular formula is C22H25NO2. The van der Waals surface area contributed by atoms with Crippen LogP contribution in [-0.2, 0) is 25.9 Å². The van der Waals surface area contributed by atoms with Crippen LogP contribution in [0.4, 0.5) is 0 Å². The lowest BCUT2D eigenvalue weighted by molar-refractivity contribution is 0.0747. The van der Waals surface area contributed by atoms with Crippen LogP contribution in [-0.4, -0.2) is 17.9 Å². The number of methoxy groups -OCH3 is 1. The number of hydrogen-bond acceptors (Lipinski definition) is 2.